The molecule has 0 unspecified atom stereocenters. The number of carbonyl (C=O) groups is 1. The van der Waals surface area contributed by atoms with E-state index >= 15 is 0 Å². The summed E-state index contributed by atoms with van der Waals surface area (Å²) in [6.07, 6.45) is 0. The van der Waals surface area contributed by atoms with Gasteiger partial charge < -0.3 is 14.8 Å². The second-order valence-electron chi connectivity index (χ2n) is 3.83. The molecule has 0 bridgehead atoms. The predicted octanol–water partition coefficient (Wildman–Crippen LogP) is 1.65. The summed E-state index contributed by atoms with van der Waals surface area (Å²) in [4.78, 5) is 10.9. The van der Waals surface area contributed by atoms with E-state index in [9.17, 15) is 4.79 Å². The van der Waals surface area contributed by atoms with Crippen molar-refractivity contribution in [1.29, 1.82) is 0 Å². The molecular formula is C12H15NO3. The highest BCUT2D eigenvalue weighted by Gasteiger charge is 2.14. The molecule has 0 aliphatic carbocycles. The summed E-state index contributed by atoms with van der Waals surface area (Å²) in [7, 11) is 0. The van der Waals surface area contributed by atoms with Crippen LogP contribution in [0.2, 0.25) is 0 Å². The Morgan fingerprint density at radius 2 is 2.00 bits per heavy atom. The summed E-state index contributed by atoms with van der Waals surface area (Å²) >= 11 is 0. The maximum atomic E-state index is 10.9. The van der Waals surface area contributed by atoms with Crippen molar-refractivity contribution in [2.24, 2.45) is 0 Å². The fourth-order valence-electron chi connectivity index (χ4n) is 1.72. The SMILES string of the molecule is CC(=O)N[C@@H](C)c1ccc2c(c1)OCCO2. The second-order valence-corrected chi connectivity index (χ2v) is 3.83. The summed E-state index contributed by atoms with van der Waals surface area (Å²) < 4.78 is 10.9. The molecule has 1 aromatic carbocycles. The lowest BCUT2D eigenvalue weighted by molar-refractivity contribution is -0.119. The molecule has 1 N–H and O–H groups in total. The van der Waals surface area contributed by atoms with Crippen LogP contribution in [0.5, 0.6) is 11.5 Å². The van der Waals surface area contributed by atoms with Gasteiger partial charge in [0.15, 0.2) is 11.5 Å². The van der Waals surface area contributed by atoms with E-state index in [-0.39, 0.29) is 11.9 Å². The van der Waals surface area contributed by atoms with Crippen molar-refractivity contribution < 1.29 is 14.3 Å². The van der Waals surface area contributed by atoms with Gasteiger partial charge in [-0.05, 0) is 24.6 Å². The molecular weight excluding hydrogens is 206 g/mol. The van der Waals surface area contributed by atoms with Crippen molar-refractivity contribution >= 4 is 5.91 Å². The van der Waals surface area contributed by atoms with Gasteiger partial charge in [0.25, 0.3) is 0 Å². The molecule has 0 aromatic heterocycles. The van der Waals surface area contributed by atoms with Gasteiger partial charge in [0.2, 0.25) is 5.91 Å². The van der Waals surface area contributed by atoms with Crippen LogP contribution >= 0.6 is 0 Å². The molecule has 2 rings (SSSR count). The highest BCUT2D eigenvalue weighted by Crippen LogP contribution is 2.32. The standard InChI is InChI=1S/C12H15NO3/c1-8(13-9(2)14)10-3-4-11-12(7-10)16-6-5-15-11/h3-4,7-8H,5-6H2,1-2H3,(H,13,14)/t8-/m0/s1. The number of hydrogen-bond donors (Lipinski definition) is 1. The van der Waals surface area contributed by atoms with Gasteiger partial charge in [0.1, 0.15) is 13.2 Å². The number of nitrogens with one attached hydrogen (secondary N) is 1. The number of amides is 1. The van der Waals surface area contributed by atoms with E-state index in [4.69, 9.17) is 9.47 Å². The Balaban J connectivity index is 2.19. The van der Waals surface area contributed by atoms with Crippen molar-refractivity contribution in [3.63, 3.8) is 0 Å². The highest BCUT2D eigenvalue weighted by atomic mass is 16.6. The molecule has 1 aromatic rings. The Labute approximate surface area is 94.6 Å². The monoisotopic (exact) mass is 221 g/mol. The molecule has 1 heterocycles. The molecule has 0 spiro atoms. The molecule has 1 aliphatic rings. The smallest absolute Gasteiger partial charge is 0.217 e. The number of benzene rings is 1. The van der Waals surface area contributed by atoms with E-state index in [0.29, 0.717) is 13.2 Å². The maximum absolute atomic E-state index is 10.9. The van der Waals surface area contributed by atoms with Gasteiger partial charge in [-0.15, -0.1) is 0 Å². The second kappa shape index (κ2) is 4.43. The molecule has 0 saturated carbocycles. The third kappa shape index (κ3) is 2.27. The molecule has 0 saturated heterocycles. The van der Waals surface area contributed by atoms with Crippen molar-refractivity contribution in [1.82, 2.24) is 5.32 Å². The Kier molecular flexibility index (Phi) is 2.99. The van der Waals surface area contributed by atoms with Gasteiger partial charge in [0.05, 0.1) is 6.04 Å². The van der Waals surface area contributed by atoms with Crippen molar-refractivity contribution in [3.05, 3.63) is 23.8 Å². The van der Waals surface area contributed by atoms with Gasteiger partial charge in [0, 0.05) is 6.92 Å². The average molecular weight is 221 g/mol. The number of hydrogen-bond acceptors (Lipinski definition) is 3. The van der Waals surface area contributed by atoms with Gasteiger partial charge >= 0.3 is 0 Å². The van der Waals surface area contributed by atoms with Crippen LogP contribution in [0.1, 0.15) is 25.5 Å². The fraction of sp³-hybridized carbons (Fsp3) is 0.417. The van der Waals surface area contributed by atoms with Gasteiger partial charge in [-0.3, -0.25) is 4.79 Å². The number of ether oxygens (including phenoxy) is 2. The van der Waals surface area contributed by atoms with Crippen LogP contribution < -0.4 is 14.8 Å². The fourth-order valence-corrected chi connectivity index (χ4v) is 1.72. The van der Waals surface area contributed by atoms with Crippen molar-refractivity contribution in [2.45, 2.75) is 19.9 Å². The minimum absolute atomic E-state index is 0.0201. The number of fused-ring (bicyclic) bond motifs is 1. The highest BCUT2D eigenvalue weighted by molar-refractivity contribution is 5.73. The number of carbonyl (C=O) groups excluding carboxylic acids is 1. The van der Waals surface area contributed by atoms with E-state index in [1.807, 2.05) is 25.1 Å². The molecule has 0 fully saturated rings. The van der Waals surface area contributed by atoms with Crippen LogP contribution in [-0.2, 0) is 4.79 Å². The lowest BCUT2D eigenvalue weighted by Crippen LogP contribution is -2.24. The summed E-state index contributed by atoms with van der Waals surface area (Å²) in [5.74, 6) is 1.48. The van der Waals surface area contributed by atoms with Crippen molar-refractivity contribution in [3.8, 4) is 11.5 Å². The molecule has 4 heteroatoms. The quantitative estimate of drug-likeness (QED) is 0.826. The first-order chi connectivity index (χ1) is 7.66. The predicted molar refractivity (Wildman–Crippen MR) is 59.7 cm³/mol. The zero-order valence-corrected chi connectivity index (χ0v) is 9.45. The van der Waals surface area contributed by atoms with Crippen LogP contribution in [0, 0.1) is 0 Å². The summed E-state index contributed by atoms with van der Waals surface area (Å²) in [5, 5.41) is 2.83. The molecule has 4 nitrogen and oxygen atoms in total. The Bertz CT molecular complexity index is 403. The molecule has 0 radical (unpaired) electrons. The molecule has 1 atom stereocenters. The van der Waals surface area contributed by atoms with E-state index in [2.05, 4.69) is 5.32 Å². The Morgan fingerprint density at radius 1 is 1.31 bits per heavy atom. The maximum Gasteiger partial charge on any atom is 0.217 e. The molecule has 1 aliphatic heterocycles. The lowest BCUT2D eigenvalue weighted by atomic mass is 10.1. The van der Waals surface area contributed by atoms with E-state index < -0.39 is 0 Å². The Hall–Kier alpha value is -1.71. The summed E-state index contributed by atoms with van der Waals surface area (Å²) in [6.45, 7) is 4.61. The van der Waals surface area contributed by atoms with Crippen molar-refractivity contribution in [2.75, 3.05) is 13.2 Å². The third-order valence-electron chi connectivity index (χ3n) is 2.49. The molecule has 86 valence electrons. The lowest BCUT2D eigenvalue weighted by Gasteiger charge is -2.20. The van der Waals surface area contributed by atoms with Crippen LogP contribution in [-0.4, -0.2) is 19.1 Å². The normalized spacial score (nSPS) is 15.4. The zero-order chi connectivity index (χ0) is 11.5. The van der Waals surface area contributed by atoms with Crippen LogP contribution in [0.25, 0.3) is 0 Å². The number of rotatable bonds is 2. The molecule has 16 heavy (non-hydrogen) atoms. The first-order valence-corrected chi connectivity index (χ1v) is 5.33. The van der Waals surface area contributed by atoms with Crippen LogP contribution in [0.4, 0.5) is 0 Å². The van der Waals surface area contributed by atoms with Gasteiger partial charge in [-0.2, -0.15) is 0 Å². The summed E-state index contributed by atoms with van der Waals surface area (Å²) in [6, 6.07) is 5.71. The Morgan fingerprint density at radius 3 is 2.69 bits per heavy atom. The van der Waals surface area contributed by atoms with Crippen LogP contribution in [0.3, 0.4) is 0 Å². The van der Waals surface area contributed by atoms with E-state index in [0.717, 1.165) is 17.1 Å². The minimum atomic E-state index is -0.0395. The van der Waals surface area contributed by atoms with E-state index in [1.54, 1.807) is 0 Å². The first-order valence-electron chi connectivity index (χ1n) is 5.33. The topological polar surface area (TPSA) is 47.6 Å². The van der Waals surface area contributed by atoms with E-state index in [1.165, 1.54) is 6.92 Å². The average Bonchev–Trinajstić information content (AvgIpc) is 2.27. The van der Waals surface area contributed by atoms with Gasteiger partial charge in [-0.1, -0.05) is 6.07 Å². The third-order valence-corrected chi connectivity index (χ3v) is 2.49. The zero-order valence-electron chi connectivity index (χ0n) is 9.45. The minimum Gasteiger partial charge on any atom is -0.486 e. The molecule has 1 amide bonds. The van der Waals surface area contributed by atoms with Gasteiger partial charge in [-0.25, -0.2) is 0 Å². The largest absolute Gasteiger partial charge is 0.486 e. The van der Waals surface area contributed by atoms with Crippen LogP contribution in [0.15, 0.2) is 18.2 Å². The summed E-state index contributed by atoms with van der Waals surface area (Å²) in [5.41, 5.74) is 1.01. The first kappa shape index (κ1) is 10.8.